The van der Waals surface area contributed by atoms with E-state index in [0.29, 0.717) is 12.3 Å². The summed E-state index contributed by atoms with van der Waals surface area (Å²) in [4.78, 5) is 50.5. The van der Waals surface area contributed by atoms with Crippen LogP contribution in [0.4, 0.5) is 0 Å². The molecule has 2 aliphatic heterocycles. The minimum Gasteiger partial charge on any atom is -0.479 e. The van der Waals surface area contributed by atoms with Crippen molar-refractivity contribution in [1.82, 2.24) is 0 Å². The number of carbonyl (C=O) groups is 4. The number of hydrogen-bond donors (Lipinski definition) is 5. The van der Waals surface area contributed by atoms with Gasteiger partial charge < -0.3 is 39.7 Å². The highest BCUT2D eigenvalue weighted by Gasteiger charge is 2.85. The molecule has 12 nitrogen and oxygen atoms in total. The van der Waals surface area contributed by atoms with Crippen LogP contribution in [0.5, 0.6) is 0 Å². The predicted molar refractivity (Wildman–Crippen MR) is 160 cm³/mol. The Balaban J connectivity index is 1.98. The SMILES string of the molecule is CC[C@H](C)C[C@H](C)/C=C/C(=O)O[C@@H]1[C@@H](O)[C@@]2(C/C=C(\C)C[C@H](C)Cc3ccccc3)O[C@H](C(=O)O)[C@@](O)(C(=O)O)[C@]1(C(=O)O)O2. The minimum absolute atomic E-state index is 0.0793. The van der Waals surface area contributed by atoms with E-state index < -0.39 is 65.6 Å². The number of aliphatic hydroxyl groups excluding tert-OH is 1. The first kappa shape index (κ1) is 35.9. The van der Waals surface area contributed by atoms with Crippen molar-refractivity contribution in [2.75, 3.05) is 0 Å². The van der Waals surface area contributed by atoms with Crippen molar-refractivity contribution in [2.45, 2.75) is 102 Å². The quantitative estimate of drug-likeness (QED) is 0.108. The summed E-state index contributed by atoms with van der Waals surface area (Å²) in [5.41, 5.74) is -5.38. The van der Waals surface area contributed by atoms with Crippen LogP contribution in [0.2, 0.25) is 0 Å². The number of benzene rings is 1. The number of allylic oxidation sites excluding steroid dienone is 2. The third-order valence-corrected chi connectivity index (χ3v) is 8.71. The van der Waals surface area contributed by atoms with Crippen molar-refractivity contribution in [3.05, 3.63) is 59.7 Å². The van der Waals surface area contributed by atoms with E-state index in [0.717, 1.165) is 36.5 Å². The molecule has 0 saturated carbocycles. The second kappa shape index (κ2) is 14.2. The van der Waals surface area contributed by atoms with Gasteiger partial charge in [0.15, 0.2) is 6.10 Å². The molecule has 0 amide bonds. The lowest BCUT2D eigenvalue weighted by atomic mass is 9.74. The Hall–Kier alpha value is -3.58. The van der Waals surface area contributed by atoms with Gasteiger partial charge in [0.1, 0.15) is 6.10 Å². The number of rotatable bonds is 15. The lowest BCUT2D eigenvalue weighted by Gasteiger charge is -2.48. The predicted octanol–water partition coefficient (Wildman–Crippen LogP) is 3.34. The van der Waals surface area contributed by atoms with Gasteiger partial charge in [0.25, 0.3) is 0 Å². The van der Waals surface area contributed by atoms with Gasteiger partial charge in [-0.05, 0) is 49.5 Å². The largest absolute Gasteiger partial charge is 0.479 e. The summed E-state index contributed by atoms with van der Waals surface area (Å²) < 4.78 is 16.5. The number of carbonyl (C=O) groups excluding carboxylic acids is 1. The van der Waals surface area contributed by atoms with E-state index in [-0.39, 0.29) is 11.8 Å². The molecule has 2 heterocycles. The van der Waals surface area contributed by atoms with Crippen LogP contribution in [-0.2, 0) is 39.8 Å². The molecule has 1 aromatic carbocycles. The Bertz CT molecular complexity index is 1310. The zero-order chi connectivity index (χ0) is 33.7. The van der Waals surface area contributed by atoms with E-state index in [1.165, 1.54) is 6.08 Å². The van der Waals surface area contributed by atoms with E-state index in [2.05, 4.69) is 0 Å². The molecule has 2 saturated heterocycles. The van der Waals surface area contributed by atoms with Crippen molar-refractivity contribution >= 4 is 23.9 Å². The molecule has 2 bridgehead atoms. The van der Waals surface area contributed by atoms with Crippen LogP contribution in [0.25, 0.3) is 0 Å². The fourth-order valence-electron chi connectivity index (χ4n) is 6.22. The van der Waals surface area contributed by atoms with Crippen LogP contribution in [-0.4, -0.2) is 84.7 Å². The van der Waals surface area contributed by atoms with Gasteiger partial charge in [-0.2, -0.15) is 0 Å². The van der Waals surface area contributed by atoms with Crippen LogP contribution in [0.1, 0.15) is 65.9 Å². The molecule has 2 fully saturated rings. The monoisotopic (exact) mass is 632 g/mol. The first-order valence-corrected chi connectivity index (χ1v) is 15.1. The van der Waals surface area contributed by atoms with Gasteiger partial charge in [0, 0.05) is 12.5 Å². The Morgan fingerprint density at radius 3 is 2.22 bits per heavy atom. The van der Waals surface area contributed by atoms with Crippen molar-refractivity contribution in [3.8, 4) is 0 Å². The van der Waals surface area contributed by atoms with Crippen LogP contribution in [0.3, 0.4) is 0 Å². The van der Waals surface area contributed by atoms with Gasteiger partial charge in [-0.15, -0.1) is 0 Å². The summed E-state index contributed by atoms with van der Waals surface area (Å²) >= 11 is 0. The van der Waals surface area contributed by atoms with Crippen molar-refractivity contribution in [3.63, 3.8) is 0 Å². The summed E-state index contributed by atoms with van der Waals surface area (Å²) in [5, 5.41) is 53.1. The number of ether oxygens (including phenoxy) is 3. The van der Waals surface area contributed by atoms with E-state index >= 15 is 0 Å². The summed E-state index contributed by atoms with van der Waals surface area (Å²) in [6, 6.07) is 9.77. The van der Waals surface area contributed by atoms with Gasteiger partial charge in [0.2, 0.25) is 23.1 Å². The third kappa shape index (κ3) is 7.14. The number of aliphatic carboxylic acids is 3. The number of hydrogen-bond acceptors (Lipinski definition) is 9. The number of esters is 1. The highest BCUT2D eigenvalue weighted by atomic mass is 16.8. The number of fused-ring (bicyclic) bond motifs is 2. The average Bonchev–Trinajstić information content (AvgIpc) is 3.19. The molecule has 9 atom stereocenters. The molecule has 2 aliphatic rings. The van der Waals surface area contributed by atoms with Crippen LogP contribution >= 0.6 is 0 Å². The number of carboxylic acid groups (broad SMARTS) is 3. The smallest absolute Gasteiger partial charge is 0.344 e. The lowest BCUT2D eigenvalue weighted by molar-refractivity contribution is -0.371. The summed E-state index contributed by atoms with van der Waals surface area (Å²) in [5.74, 6) is -9.71. The Kier molecular flexibility index (Phi) is 11.4. The zero-order valence-electron chi connectivity index (χ0n) is 26.2. The van der Waals surface area contributed by atoms with Gasteiger partial charge in [-0.1, -0.05) is 82.2 Å². The molecule has 1 aromatic rings. The van der Waals surface area contributed by atoms with Crippen LogP contribution < -0.4 is 0 Å². The molecular weight excluding hydrogens is 588 g/mol. The molecule has 0 aliphatic carbocycles. The Labute approximate surface area is 262 Å². The molecule has 0 radical (unpaired) electrons. The minimum atomic E-state index is -3.81. The van der Waals surface area contributed by atoms with Gasteiger partial charge in [-0.3, -0.25) is 0 Å². The van der Waals surface area contributed by atoms with Crippen molar-refractivity contribution in [1.29, 1.82) is 0 Å². The molecule has 12 heteroatoms. The fraction of sp³-hybridized carbons (Fsp3) is 0.576. The van der Waals surface area contributed by atoms with Gasteiger partial charge in [0.05, 0.1) is 0 Å². The first-order valence-electron chi connectivity index (χ1n) is 15.1. The molecule has 5 N–H and O–H groups in total. The maximum absolute atomic E-state index is 12.9. The second-order valence-electron chi connectivity index (χ2n) is 12.5. The maximum Gasteiger partial charge on any atom is 0.344 e. The molecular formula is C33H44O12. The first-order chi connectivity index (χ1) is 21.0. The standard InChI is InChI=1S/C33H44O12/c1-6-19(2)16-20(3)12-13-24(34)43-26-25(35)31(15-14-21(4)17-22(5)18-23-10-8-7-9-11-23)44-27(28(36)37)32(42,29(38)39)33(26,45-31)30(40)41/h7-14,19-20,22,25-27,35,42H,6,15-18H2,1-5H3,(H,36,37)(H,38,39)(H,40,41)/b13-12+,21-14+/t19-,20+,22-,25+,26+,27+,31-,32+,33-/m0/s1. The average molecular weight is 633 g/mol. The summed E-state index contributed by atoms with van der Waals surface area (Å²) in [7, 11) is 0. The molecule has 248 valence electrons. The van der Waals surface area contributed by atoms with Gasteiger partial charge >= 0.3 is 23.9 Å². The summed E-state index contributed by atoms with van der Waals surface area (Å²) in [6.07, 6.45) is -0.673. The van der Waals surface area contributed by atoms with Gasteiger partial charge in [-0.25, -0.2) is 19.2 Å². The van der Waals surface area contributed by atoms with E-state index in [1.807, 2.05) is 58.0 Å². The molecule has 0 unspecified atom stereocenters. The van der Waals surface area contributed by atoms with Crippen molar-refractivity contribution in [2.24, 2.45) is 17.8 Å². The normalized spacial score (nSPS) is 31.7. The Morgan fingerprint density at radius 2 is 1.67 bits per heavy atom. The van der Waals surface area contributed by atoms with E-state index in [9.17, 15) is 44.7 Å². The maximum atomic E-state index is 12.9. The topological polar surface area (TPSA) is 197 Å². The molecule has 45 heavy (non-hydrogen) atoms. The molecule has 0 aromatic heterocycles. The highest BCUT2D eigenvalue weighted by Crippen LogP contribution is 2.55. The fourth-order valence-corrected chi connectivity index (χ4v) is 6.22. The van der Waals surface area contributed by atoms with E-state index in [4.69, 9.17) is 14.2 Å². The molecule has 0 spiro atoms. The highest BCUT2D eigenvalue weighted by molar-refractivity contribution is 5.98. The number of aliphatic hydroxyl groups is 2. The summed E-state index contributed by atoms with van der Waals surface area (Å²) in [6.45, 7) is 9.72. The van der Waals surface area contributed by atoms with Crippen LogP contribution in [0, 0.1) is 17.8 Å². The lowest BCUT2D eigenvalue weighted by Crippen LogP contribution is -2.78. The zero-order valence-corrected chi connectivity index (χ0v) is 26.2. The number of carboxylic acids is 3. The molecule has 3 rings (SSSR count). The van der Waals surface area contributed by atoms with E-state index in [1.54, 1.807) is 13.0 Å². The van der Waals surface area contributed by atoms with Crippen molar-refractivity contribution < 1.29 is 58.9 Å². The Morgan fingerprint density at radius 1 is 1.02 bits per heavy atom. The second-order valence-corrected chi connectivity index (χ2v) is 12.5. The third-order valence-electron chi connectivity index (χ3n) is 8.71. The van der Waals surface area contributed by atoms with Crippen LogP contribution in [0.15, 0.2) is 54.1 Å².